The zero-order valence-electron chi connectivity index (χ0n) is 14.8. The largest absolute Gasteiger partial charge is 0.482 e. The van der Waals surface area contributed by atoms with Crippen LogP contribution in [0.25, 0.3) is 6.08 Å². The highest BCUT2D eigenvalue weighted by atomic mass is 16.6. The summed E-state index contributed by atoms with van der Waals surface area (Å²) < 4.78 is 14.9. The maximum atomic E-state index is 12.6. The Balaban J connectivity index is 1.75. The zero-order valence-corrected chi connectivity index (χ0v) is 14.8. The SMILES string of the molecule is COC(=O)COc1ccc(C=C2C(=O)NC(=O)N(Cc3ccco3)C2=O)cc1. The zero-order chi connectivity index (χ0) is 20.1. The smallest absolute Gasteiger partial charge is 0.343 e. The molecular weight excluding hydrogens is 368 g/mol. The standard InChI is InChI=1S/C19H16N2O7/c1-26-16(22)11-28-13-6-4-12(5-7-13)9-15-17(23)20-19(25)21(18(15)24)10-14-3-2-8-27-14/h2-9H,10-11H2,1H3,(H,20,23,25). The van der Waals surface area contributed by atoms with Gasteiger partial charge in [-0.3, -0.25) is 19.8 Å². The Morgan fingerprint density at radius 1 is 1.18 bits per heavy atom. The Hall–Kier alpha value is -3.88. The van der Waals surface area contributed by atoms with Crippen LogP contribution in [0, 0.1) is 0 Å². The van der Waals surface area contributed by atoms with Crippen molar-refractivity contribution in [2.45, 2.75) is 6.54 Å². The van der Waals surface area contributed by atoms with Gasteiger partial charge in [0.15, 0.2) is 6.61 Å². The van der Waals surface area contributed by atoms with Crippen LogP contribution in [0.4, 0.5) is 4.79 Å². The van der Waals surface area contributed by atoms with Crippen molar-refractivity contribution in [3.63, 3.8) is 0 Å². The fourth-order valence-corrected chi connectivity index (χ4v) is 2.42. The van der Waals surface area contributed by atoms with Gasteiger partial charge in [-0.25, -0.2) is 9.59 Å². The Kier molecular flexibility index (Phi) is 5.54. The molecule has 0 atom stereocenters. The number of carbonyl (C=O) groups is 4. The second kappa shape index (κ2) is 8.21. The van der Waals surface area contributed by atoms with Crippen molar-refractivity contribution in [3.05, 3.63) is 59.6 Å². The van der Waals surface area contributed by atoms with E-state index in [-0.39, 0.29) is 18.7 Å². The molecule has 3 rings (SSSR count). The molecule has 0 unspecified atom stereocenters. The summed E-state index contributed by atoms with van der Waals surface area (Å²) in [5, 5.41) is 2.13. The van der Waals surface area contributed by atoms with Crippen molar-refractivity contribution in [1.29, 1.82) is 0 Å². The van der Waals surface area contributed by atoms with Crippen LogP contribution in [0.1, 0.15) is 11.3 Å². The Morgan fingerprint density at radius 3 is 2.57 bits per heavy atom. The maximum Gasteiger partial charge on any atom is 0.343 e. The van der Waals surface area contributed by atoms with Crippen LogP contribution in [-0.2, 0) is 25.7 Å². The molecule has 2 heterocycles. The van der Waals surface area contributed by atoms with Crippen LogP contribution in [0.5, 0.6) is 5.75 Å². The Bertz CT molecular complexity index is 930. The van der Waals surface area contributed by atoms with Crippen molar-refractivity contribution in [2.75, 3.05) is 13.7 Å². The fraction of sp³-hybridized carbons (Fsp3) is 0.158. The van der Waals surface area contributed by atoms with E-state index in [0.29, 0.717) is 17.1 Å². The van der Waals surface area contributed by atoms with Crippen molar-refractivity contribution in [3.8, 4) is 5.75 Å². The molecule has 1 saturated heterocycles. The van der Waals surface area contributed by atoms with Crippen LogP contribution in [-0.4, -0.2) is 42.4 Å². The molecule has 0 radical (unpaired) electrons. The average Bonchev–Trinajstić information content (AvgIpc) is 3.20. The molecule has 0 aliphatic carbocycles. The first-order chi connectivity index (χ1) is 13.5. The van der Waals surface area contributed by atoms with Gasteiger partial charge in [0.2, 0.25) is 0 Å². The van der Waals surface area contributed by atoms with Gasteiger partial charge in [-0.1, -0.05) is 12.1 Å². The molecule has 2 aromatic rings. The molecule has 9 heteroatoms. The number of carbonyl (C=O) groups excluding carboxylic acids is 4. The number of nitrogens with one attached hydrogen (secondary N) is 1. The summed E-state index contributed by atoms with van der Waals surface area (Å²) in [4.78, 5) is 48.7. The molecule has 0 saturated carbocycles. The Morgan fingerprint density at radius 2 is 1.93 bits per heavy atom. The number of methoxy groups -OCH3 is 1. The van der Waals surface area contributed by atoms with E-state index >= 15 is 0 Å². The average molecular weight is 384 g/mol. The normalized spacial score (nSPS) is 15.5. The molecule has 1 aliphatic rings. The number of hydrogen-bond acceptors (Lipinski definition) is 7. The summed E-state index contributed by atoms with van der Waals surface area (Å²) in [6.07, 6.45) is 2.79. The number of barbiturate groups is 1. The van der Waals surface area contributed by atoms with Gasteiger partial charge in [-0.15, -0.1) is 0 Å². The lowest BCUT2D eigenvalue weighted by Crippen LogP contribution is -2.53. The van der Waals surface area contributed by atoms with E-state index in [9.17, 15) is 19.2 Å². The van der Waals surface area contributed by atoms with E-state index in [1.54, 1.807) is 36.4 Å². The maximum absolute atomic E-state index is 12.6. The van der Waals surface area contributed by atoms with E-state index in [2.05, 4.69) is 10.1 Å². The predicted octanol–water partition coefficient (Wildman–Crippen LogP) is 1.49. The molecule has 1 fully saturated rings. The molecule has 9 nitrogen and oxygen atoms in total. The first kappa shape index (κ1) is 18.9. The summed E-state index contributed by atoms with van der Waals surface area (Å²) in [6.45, 7) is -0.329. The second-order valence-electron chi connectivity index (χ2n) is 5.72. The number of urea groups is 1. The van der Waals surface area contributed by atoms with Crippen LogP contribution in [0.15, 0.2) is 52.7 Å². The number of rotatable bonds is 6. The number of nitrogens with zero attached hydrogens (tertiary/aromatic N) is 1. The van der Waals surface area contributed by atoms with Gasteiger partial charge in [-0.2, -0.15) is 0 Å². The summed E-state index contributed by atoms with van der Waals surface area (Å²) in [5.41, 5.74) is 0.352. The van der Waals surface area contributed by atoms with Crippen LogP contribution in [0.3, 0.4) is 0 Å². The van der Waals surface area contributed by atoms with Gasteiger partial charge in [-0.05, 0) is 35.9 Å². The van der Waals surface area contributed by atoms with Crippen molar-refractivity contribution in [1.82, 2.24) is 10.2 Å². The summed E-state index contributed by atoms with van der Waals surface area (Å²) in [6, 6.07) is 8.80. The molecule has 0 bridgehead atoms. The van der Waals surface area contributed by atoms with E-state index in [1.807, 2.05) is 0 Å². The van der Waals surface area contributed by atoms with Crippen LogP contribution in [0.2, 0.25) is 0 Å². The highest BCUT2D eigenvalue weighted by Crippen LogP contribution is 2.19. The molecule has 1 aromatic carbocycles. The van der Waals surface area contributed by atoms with E-state index < -0.39 is 23.8 Å². The minimum atomic E-state index is -0.810. The summed E-state index contributed by atoms with van der Waals surface area (Å²) in [5.74, 6) is -1.20. The van der Waals surface area contributed by atoms with Crippen molar-refractivity contribution >= 4 is 29.9 Å². The van der Waals surface area contributed by atoms with Gasteiger partial charge < -0.3 is 13.9 Å². The van der Waals surface area contributed by atoms with Gasteiger partial charge in [0.05, 0.1) is 19.9 Å². The quantitative estimate of drug-likeness (QED) is 0.456. The van der Waals surface area contributed by atoms with Crippen molar-refractivity contribution in [2.24, 2.45) is 0 Å². The number of imide groups is 2. The second-order valence-corrected chi connectivity index (χ2v) is 5.72. The monoisotopic (exact) mass is 384 g/mol. The van der Waals surface area contributed by atoms with Crippen LogP contribution >= 0.6 is 0 Å². The molecule has 4 amide bonds. The van der Waals surface area contributed by atoms with E-state index in [0.717, 1.165) is 4.90 Å². The minimum absolute atomic E-state index is 0.0947. The Labute approximate surface area is 159 Å². The minimum Gasteiger partial charge on any atom is -0.482 e. The van der Waals surface area contributed by atoms with E-state index in [4.69, 9.17) is 9.15 Å². The third-order valence-electron chi connectivity index (χ3n) is 3.86. The highest BCUT2D eigenvalue weighted by Gasteiger charge is 2.36. The van der Waals surface area contributed by atoms with Crippen molar-refractivity contribution < 1.29 is 33.1 Å². The lowest BCUT2D eigenvalue weighted by molar-refractivity contribution is -0.143. The highest BCUT2D eigenvalue weighted by molar-refractivity contribution is 6.30. The molecule has 1 aromatic heterocycles. The summed E-state index contributed by atoms with van der Waals surface area (Å²) >= 11 is 0. The van der Waals surface area contributed by atoms with Gasteiger partial charge in [0.25, 0.3) is 11.8 Å². The predicted molar refractivity (Wildman–Crippen MR) is 94.7 cm³/mol. The molecule has 144 valence electrons. The number of hydrogen-bond donors (Lipinski definition) is 1. The molecule has 0 spiro atoms. The lowest BCUT2D eigenvalue weighted by Gasteiger charge is -2.25. The number of furan rings is 1. The van der Waals surface area contributed by atoms with Crippen LogP contribution < -0.4 is 10.1 Å². The van der Waals surface area contributed by atoms with Gasteiger partial charge >= 0.3 is 12.0 Å². The van der Waals surface area contributed by atoms with E-state index in [1.165, 1.54) is 19.4 Å². The third kappa shape index (κ3) is 4.26. The first-order valence-electron chi connectivity index (χ1n) is 8.19. The molecule has 28 heavy (non-hydrogen) atoms. The first-order valence-corrected chi connectivity index (χ1v) is 8.19. The fourth-order valence-electron chi connectivity index (χ4n) is 2.42. The number of esters is 1. The lowest BCUT2D eigenvalue weighted by atomic mass is 10.1. The number of benzene rings is 1. The number of amides is 4. The third-order valence-corrected chi connectivity index (χ3v) is 3.86. The van der Waals surface area contributed by atoms with Gasteiger partial charge in [0, 0.05) is 0 Å². The topological polar surface area (TPSA) is 115 Å². The molecule has 1 N–H and O–H groups in total. The molecular formula is C19H16N2O7. The number of ether oxygens (including phenoxy) is 2. The molecule has 1 aliphatic heterocycles. The summed E-state index contributed by atoms with van der Waals surface area (Å²) in [7, 11) is 1.26. The van der Waals surface area contributed by atoms with Gasteiger partial charge in [0.1, 0.15) is 17.1 Å².